The van der Waals surface area contributed by atoms with Gasteiger partial charge >= 0.3 is 0 Å². The first kappa shape index (κ1) is 12.0. The number of oxazole rings is 1. The lowest BCUT2D eigenvalue weighted by molar-refractivity contribution is -0.00341. The monoisotopic (exact) mass is 310 g/mol. The Morgan fingerprint density at radius 3 is 3.00 bits per heavy atom. The number of para-hydroxylation sites is 2. The highest BCUT2D eigenvalue weighted by atomic mass is 79.9. The minimum absolute atomic E-state index is 0.184. The third-order valence-corrected chi connectivity index (χ3v) is 3.77. The number of ether oxygens (including phenoxy) is 1. The molecule has 4 nitrogen and oxygen atoms in total. The third kappa shape index (κ3) is 2.24. The van der Waals surface area contributed by atoms with Crippen LogP contribution in [-0.4, -0.2) is 35.6 Å². The van der Waals surface area contributed by atoms with Crippen molar-refractivity contribution in [2.75, 3.05) is 23.3 Å². The SMILES string of the molecule is CC1CN(c2nc3ccccc3o2)CC(CBr)O1. The molecule has 0 spiro atoms. The van der Waals surface area contributed by atoms with Gasteiger partial charge in [-0.3, -0.25) is 0 Å². The zero-order chi connectivity index (χ0) is 12.5. The predicted octanol–water partition coefficient (Wildman–Crippen LogP) is 2.82. The van der Waals surface area contributed by atoms with Crippen molar-refractivity contribution in [2.45, 2.75) is 19.1 Å². The van der Waals surface area contributed by atoms with E-state index in [4.69, 9.17) is 9.15 Å². The van der Waals surface area contributed by atoms with Crippen molar-refractivity contribution in [3.8, 4) is 0 Å². The number of fused-ring (bicyclic) bond motifs is 1. The highest BCUT2D eigenvalue weighted by Gasteiger charge is 2.27. The van der Waals surface area contributed by atoms with Crippen molar-refractivity contribution >= 4 is 33.0 Å². The lowest BCUT2D eigenvalue weighted by Gasteiger charge is -2.35. The summed E-state index contributed by atoms with van der Waals surface area (Å²) in [7, 11) is 0. The third-order valence-electron chi connectivity index (χ3n) is 3.05. The summed E-state index contributed by atoms with van der Waals surface area (Å²) in [5, 5.41) is 0.827. The summed E-state index contributed by atoms with van der Waals surface area (Å²) in [6.07, 6.45) is 0.375. The van der Waals surface area contributed by atoms with E-state index in [2.05, 4.69) is 32.7 Å². The molecule has 1 aromatic carbocycles. The summed E-state index contributed by atoms with van der Waals surface area (Å²) in [4.78, 5) is 6.68. The molecule has 0 radical (unpaired) electrons. The highest BCUT2D eigenvalue weighted by Crippen LogP contribution is 2.24. The molecule has 0 aliphatic carbocycles. The highest BCUT2D eigenvalue weighted by molar-refractivity contribution is 9.09. The maximum absolute atomic E-state index is 5.80. The number of morpholine rings is 1. The van der Waals surface area contributed by atoms with Crippen molar-refractivity contribution in [3.05, 3.63) is 24.3 Å². The second-order valence-electron chi connectivity index (χ2n) is 4.59. The minimum atomic E-state index is 0.184. The molecule has 1 aliphatic rings. The van der Waals surface area contributed by atoms with E-state index in [9.17, 15) is 0 Å². The Balaban J connectivity index is 1.88. The minimum Gasteiger partial charge on any atom is -0.423 e. The van der Waals surface area contributed by atoms with Crippen LogP contribution < -0.4 is 4.90 Å². The number of anilines is 1. The summed E-state index contributed by atoms with van der Waals surface area (Å²) in [6, 6.07) is 8.53. The van der Waals surface area contributed by atoms with Gasteiger partial charge in [-0.2, -0.15) is 4.98 Å². The molecule has 1 aromatic heterocycles. The van der Waals surface area contributed by atoms with Crippen molar-refractivity contribution in [3.63, 3.8) is 0 Å². The molecule has 5 heteroatoms. The van der Waals surface area contributed by atoms with Crippen LogP contribution in [0.5, 0.6) is 0 Å². The van der Waals surface area contributed by atoms with Crippen LogP contribution >= 0.6 is 15.9 Å². The molecular weight excluding hydrogens is 296 g/mol. The van der Waals surface area contributed by atoms with Gasteiger partial charge < -0.3 is 14.1 Å². The number of hydrogen-bond donors (Lipinski definition) is 0. The topological polar surface area (TPSA) is 38.5 Å². The van der Waals surface area contributed by atoms with E-state index < -0.39 is 0 Å². The van der Waals surface area contributed by atoms with Gasteiger partial charge in [0.2, 0.25) is 0 Å². The summed E-state index contributed by atoms with van der Waals surface area (Å²) >= 11 is 3.47. The maximum atomic E-state index is 5.80. The van der Waals surface area contributed by atoms with Crippen molar-refractivity contribution in [1.29, 1.82) is 0 Å². The average Bonchev–Trinajstić information content (AvgIpc) is 2.81. The molecule has 18 heavy (non-hydrogen) atoms. The molecular formula is C13H15BrN2O2. The molecule has 2 atom stereocenters. The fourth-order valence-corrected chi connectivity index (χ4v) is 2.64. The molecule has 0 saturated carbocycles. The Hall–Kier alpha value is -1.07. The van der Waals surface area contributed by atoms with Crippen LogP contribution in [-0.2, 0) is 4.74 Å². The Kier molecular flexibility index (Phi) is 3.26. The van der Waals surface area contributed by atoms with E-state index in [1.165, 1.54) is 0 Å². The molecule has 1 fully saturated rings. The van der Waals surface area contributed by atoms with Gasteiger partial charge in [0.15, 0.2) is 5.58 Å². The zero-order valence-electron chi connectivity index (χ0n) is 10.2. The normalized spacial score (nSPS) is 24.7. The Labute approximate surface area is 114 Å². The van der Waals surface area contributed by atoms with Gasteiger partial charge in [-0.25, -0.2) is 0 Å². The summed E-state index contributed by atoms with van der Waals surface area (Å²) < 4.78 is 11.6. The van der Waals surface area contributed by atoms with E-state index >= 15 is 0 Å². The number of aromatic nitrogens is 1. The van der Waals surface area contributed by atoms with Gasteiger partial charge in [0.1, 0.15) is 5.52 Å². The average molecular weight is 311 g/mol. The largest absolute Gasteiger partial charge is 0.423 e. The maximum Gasteiger partial charge on any atom is 0.298 e. The molecule has 2 unspecified atom stereocenters. The summed E-state index contributed by atoms with van der Waals surface area (Å²) in [6.45, 7) is 3.70. The van der Waals surface area contributed by atoms with Gasteiger partial charge in [-0.15, -0.1) is 0 Å². The predicted molar refractivity (Wildman–Crippen MR) is 74.4 cm³/mol. The van der Waals surface area contributed by atoms with Crippen LogP contribution in [0.15, 0.2) is 28.7 Å². The summed E-state index contributed by atoms with van der Waals surface area (Å²) in [5.41, 5.74) is 1.74. The van der Waals surface area contributed by atoms with E-state index in [1.54, 1.807) is 0 Å². The van der Waals surface area contributed by atoms with Gasteiger partial charge in [-0.1, -0.05) is 28.1 Å². The molecule has 1 aliphatic heterocycles. The molecule has 1 saturated heterocycles. The van der Waals surface area contributed by atoms with Gasteiger partial charge in [0, 0.05) is 18.4 Å². The summed E-state index contributed by atoms with van der Waals surface area (Å²) in [5.74, 6) is 0. The molecule has 2 heterocycles. The van der Waals surface area contributed by atoms with Crippen LogP contribution in [0, 0.1) is 0 Å². The standard InChI is InChI=1S/C13H15BrN2O2/c1-9-7-16(8-10(6-14)17-9)13-15-11-4-2-3-5-12(11)18-13/h2-5,9-10H,6-8H2,1H3. The Morgan fingerprint density at radius 2 is 2.22 bits per heavy atom. The molecule has 96 valence electrons. The first-order valence-electron chi connectivity index (χ1n) is 6.08. The van der Waals surface area contributed by atoms with Gasteiger partial charge in [-0.05, 0) is 19.1 Å². The number of benzene rings is 1. The number of alkyl halides is 1. The first-order chi connectivity index (χ1) is 8.76. The second kappa shape index (κ2) is 4.90. The first-order valence-corrected chi connectivity index (χ1v) is 7.20. The van der Waals surface area contributed by atoms with Crippen LogP contribution in [0.25, 0.3) is 11.1 Å². The molecule has 0 N–H and O–H groups in total. The lowest BCUT2D eigenvalue weighted by Crippen LogP contribution is -2.47. The van der Waals surface area contributed by atoms with E-state index in [1.807, 2.05) is 24.3 Å². The second-order valence-corrected chi connectivity index (χ2v) is 5.24. The number of hydrogen-bond acceptors (Lipinski definition) is 4. The zero-order valence-corrected chi connectivity index (χ0v) is 11.8. The number of halogens is 1. The van der Waals surface area contributed by atoms with Gasteiger partial charge in [0.05, 0.1) is 12.2 Å². The fourth-order valence-electron chi connectivity index (χ4n) is 2.28. The number of nitrogens with zero attached hydrogens (tertiary/aromatic N) is 2. The number of rotatable bonds is 2. The van der Waals surface area contributed by atoms with E-state index in [0.717, 1.165) is 29.5 Å². The fraction of sp³-hybridized carbons (Fsp3) is 0.462. The lowest BCUT2D eigenvalue weighted by atomic mass is 10.2. The van der Waals surface area contributed by atoms with Crippen LogP contribution in [0.1, 0.15) is 6.92 Å². The molecule has 0 bridgehead atoms. The van der Waals surface area contributed by atoms with E-state index in [-0.39, 0.29) is 12.2 Å². The molecule has 2 aromatic rings. The van der Waals surface area contributed by atoms with Crippen LogP contribution in [0.2, 0.25) is 0 Å². The molecule has 0 amide bonds. The van der Waals surface area contributed by atoms with Crippen LogP contribution in [0.3, 0.4) is 0 Å². The van der Waals surface area contributed by atoms with Crippen LogP contribution in [0.4, 0.5) is 6.01 Å². The quantitative estimate of drug-likeness (QED) is 0.800. The molecule has 3 rings (SSSR count). The van der Waals surface area contributed by atoms with E-state index in [0.29, 0.717) is 6.01 Å². The Morgan fingerprint density at radius 1 is 1.39 bits per heavy atom. The van der Waals surface area contributed by atoms with Crippen molar-refractivity contribution < 1.29 is 9.15 Å². The Bertz CT molecular complexity index is 510. The van der Waals surface area contributed by atoms with Crippen molar-refractivity contribution in [1.82, 2.24) is 4.98 Å². The van der Waals surface area contributed by atoms with Gasteiger partial charge in [0.25, 0.3) is 6.01 Å². The van der Waals surface area contributed by atoms with Crippen molar-refractivity contribution in [2.24, 2.45) is 0 Å². The smallest absolute Gasteiger partial charge is 0.298 e.